The third-order valence-corrected chi connectivity index (χ3v) is 5.75. The number of rotatable bonds is 2. The summed E-state index contributed by atoms with van der Waals surface area (Å²) < 4.78 is 5.57. The van der Waals surface area contributed by atoms with Gasteiger partial charge in [0, 0.05) is 21.9 Å². The summed E-state index contributed by atoms with van der Waals surface area (Å²) in [7, 11) is 1.45. The first kappa shape index (κ1) is 22.5. The predicted molar refractivity (Wildman–Crippen MR) is 129 cm³/mol. The Balaban J connectivity index is 2.59. The number of fused-ring (bicyclic) bond motifs is 1. The highest BCUT2D eigenvalue weighted by Crippen LogP contribution is 2.50. The van der Waals surface area contributed by atoms with E-state index in [4.69, 9.17) is 4.74 Å². The number of ether oxygens (including phenoxy) is 1. The molecule has 3 rings (SSSR count). The number of aromatic hydroxyl groups is 3. The molecule has 0 atom stereocenters. The lowest BCUT2D eigenvalue weighted by Crippen LogP contribution is -2.17. The fourth-order valence-corrected chi connectivity index (χ4v) is 4.08. The largest absolute Gasteiger partial charge is 0.507 e. The molecule has 0 aliphatic rings. The molecule has 3 aromatic carbocycles. The van der Waals surface area contributed by atoms with Gasteiger partial charge in [-0.3, -0.25) is 0 Å². The minimum Gasteiger partial charge on any atom is -0.507 e. The molecule has 0 heterocycles. The molecule has 0 spiro atoms. The fourth-order valence-electron chi connectivity index (χ4n) is 4.08. The Morgan fingerprint density at radius 3 is 1.52 bits per heavy atom. The van der Waals surface area contributed by atoms with E-state index in [0.717, 1.165) is 11.1 Å². The molecule has 4 heteroatoms. The van der Waals surface area contributed by atoms with Gasteiger partial charge in [0.2, 0.25) is 0 Å². The molecule has 0 fully saturated rings. The van der Waals surface area contributed by atoms with Gasteiger partial charge in [0.05, 0.1) is 12.7 Å². The highest BCUT2D eigenvalue weighted by atomic mass is 16.5. The highest BCUT2D eigenvalue weighted by Gasteiger charge is 2.29. The van der Waals surface area contributed by atoms with Crippen molar-refractivity contribution in [2.24, 2.45) is 0 Å². The van der Waals surface area contributed by atoms with Crippen LogP contribution in [-0.2, 0) is 10.8 Å². The van der Waals surface area contributed by atoms with Crippen molar-refractivity contribution in [3.8, 4) is 34.1 Å². The average molecular weight is 421 g/mol. The third-order valence-electron chi connectivity index (χ3n) is 5.75. The zero-order valence-corrected chi connectivity index (χ0v) is 19.5. The van der Waals surface area contributed by atoms with Crippen molar-refractivity contribution in [2.45, 2.75) is 52.4 Å². The van der Waals surface area contributed by atoms with Crippen molar-refractivity contribution in [3.05, 3.63) is 45.8 Å². The van der Waals surface area contributed by atoms with Crippen LogP contribution in [0.1, 0.15) is 52.7 Å². The molecular formula is C27H32O4. The first-order valence-electron chi connectivity index (χ1n) is 10.3. The molecule has 3 N–H and O–H groups in total. The topological polar surface area (TPSA) is 69.9 Å². The average Bonchev–Trinajstić information content (AvgIpc) is 2.64. The molecule has 0 amide bonds. The summed E-state index contributed by atoms with van der Waals surface area (Å²) in [6.45, 7) is 20.2. The second kappa shape index (κ2) is 7.23. The van der Waals surface area contributed by atoms with Crippen LogP contribution in [0.3, 0.4) is 0 Å². The summed E-state index contributed by atoms with van der Waals surface area (Å²) in [5, 5.41) is 35.5. The standard InChI is InChI=1S/C27H32O4/c1-14-10-11-15(2)20-19(14)23(29)21(25(31-9)24(20)30)16-12-17(26(3,4)5)22(28)18(13-16)27(6,7)8/h10-13,28-30H,1-2H2,3-9H3. The molecule has 31 heavy (non-hydrogen) atoms. The lowest BCUT2D eigenvalue weighted by molar-refractivity contribution is 0.374. The number of hydrogen-bond acceptors (Lipinski definition) is 4. The van der Waals surface area contributed by atoms with E-state index in [0.29, 0.717) is 32.3 Å². The molecule has 164 valence electrons. The summed E-state index contributed by atoms with van der Waals surface area (Å²) in [6.07, 6.45) is 0. The zero-order chi connectivity index (χ0) is 23.5. The molecule has 0 aromatic heterocycles. The summed E-state index contributed by atoms with van der Waals surface area (Å²) >= 11 is 0. The van der Waals surface area contributed by atoms with Gasteiger partial charge < -0.3 is 20.1 Å². The van der Waals surface area contributed by atoms with E-state index in [1.54, 1.807) is 12.1 Å². The monoisotopic (exact) mass is 420 g/mol. The third kappa shape index (κ3) is 3.60. The lowest BCUT2D eigenvalue weighted by atomic mass is 9.77. The lowest BCUT2D eigenvalue weighted by Gasteiger charge is -2.29. The van der Waals surface area contributed by atoms with Crippen molar-refractivity contribution in [2.75, 3.05) is 7.11 Å². The normalized spacial score (nSPS) is 12.4. The Kier molecular flexibility index (Phi) is 5.25. The molecule has 0 saturated heterocycles. The van der Waals surface area contributed by atoms with Crippen LogP contribution < -0.4 is 15.2 Å². The van der Waals surface area contributed by atoms with Crippen molar-refractivity contribution in [3.63, 3.8) is 0 Å². The van der Waals surface area contributed by atoms with Gasteiger partial charge in [-0.05, 0) is 39.0 Å². The van der Waals surface area contributed by atoms with Crippen molar-refractivity contribution in [1.29, 1.82) is 0 Å². The SMILES string of the molecule is C=c1ccc(=C)c2c(O)c(-c3cc(C(C)(C)C)c(O)c(C(C)(C)C)c3)c(OC)c(O)c12. The van der Waals surface area contributed by atoms with Crippen LogP contribution in [0.25, 0.3) is 35.1 Å². The van der Waals surface area contributed by atoms with Gasteiger partial charge >= 0.3 is 0 Å². The molecule has 0 saturated carbocycles. The smallest absolute Gasteiger partial charge is 0.172 e. The molecular weight excluding hydrogens is 388 g/mol. The van der Waals surface area contributed by atoms with Crippen LogP contribution in [0, 0.1) is 0 Å². The molecule has 0 bridgehead atoms. The second-order valence-corrected chi connectivity index (χ2v) is 10.2. The maximum Gasteiger partial charge on any atom is 0.172 e. The van der Waals surface area contributed by atoms with Crippen molar-refractivity contribution < 1.29 is 20.1 Å². The Bertz CT molecular complexity index is 1250. The first-order chi connectivity index (χ1) is 14.2. The quantitative estimate of drug-likeness (QED) is 0.508. The molecule has 3 aromatic rings. The van der Waals surface area contributed by atoms with E-state index in [1.807, 2.05) is 53.7 Å². The van der Waals surface area contributed by atoms with Gasteiger partial charge in [0.15, 0.2) is 11.5 Å². The van der Waals surface area contributed by atoms with E-state index in [-0.39, 0.29) is 33.8 Å². The summed E-state index contributed by atoms with van der Waals surface area (Å²) in [5.41, 5.74) is 1.81. The van der Waals surface area contributed by atoms with E-state index >= 15 is 0 Å². The summed E-state index contributed by atoms with van der Waals surface area (Å²) in [5.74, 6) is 0.269. The van der Waals surface area contributed by atoms with Gasteiger partial charge in [-0.25, -0.2) is 0 Å². The van der Waals surface area contributed by atoms with E-state index in [2.05, 4.69) is 13.2 Å². The minimum absolute atomic E-state index is 0.0365. The fraction of sp³-hybridized carbons (Fsp3) is 0.333. The van der Waals surface area contributed by atoms with Crippen LogP contribution >= 0.6 is 0 Å². The number of hydrogen-bond donors (Lipinski definition) is 3. The highest BCUT2D eigenvalue weighted by molar-refractivity contribution is 6.03. The van der Waals surface area contributed by atoms with E-state index in [9.17, 15) is 15.3 Å². The number of methoxy groups -OCH3 is 1. The van der Waals surface area contributed by atoms with E-state index < -0.39 is 0 Å². The Labute approximate surface area is 183 Å². The molecule has 0 aliphatic heterocycles. The maximum atomic E-state index is 11.4. The van der Waals surface area contributed by atoms with Gasteiger partial charge in [-0.1, -0.05) is 66.8 Å². The molecule has 0 radical (unpaired) electrons. The van der Waals surface area contributed by atoms with Crippen molar-refractivity contribution >= 4 is 23.9 Å². The Morgan fingerprint density at radius 1 is 0.710 bits per heavy atom. The minimum atomic E-state index is -0.347. The van der Waals surface area contributed by atoms with E-state index in [1.165, 1.54) is 7.11 Å². The van der Waals surface area contributed by atoms with Crippen LogP contribution in [0.5, 0.6) is 23.0 Å². The summed E-state index contributed by atoms with van der Waals surface area (Å²) in [4.78, 5) is 0. The Hall–Kier alpha value is -3.14. The zero-order valence-electron chi connectivity index (χ0n) is 19.5. The predicted octanol–water partition coefficient (Wildman–Crippen LogP) is 5.05. The van der Waals surface area contributed by atoms with Crippen LogP contribution in [0.2, 0.25) is 0 Å². The van der Waals surface area contributed by atoms with Gasteiger partial charge in [-0.2, -0.15) is 0 Å². The summed E-state index contributed by atoms with van der Waals surface area (Å²) in [6, 6.07) is 7.21. The van der Waals surface area contributed by atoms with Gasteiger partial charge in [0.25, 0.3) is 0 Å². The van der Waals surface area contributed by atoms with Gasteiger partial charge in [-0.15, -0.1) is 0 Å². The molecule has 0 aliphatic carbocycles. The maximum absolute atomic E-state index is 11.4. The first-order valence-corrected chi connectivity index (χ1v) is 10.3. The molecule has 4 nitrogen and oxygen atoms in total. The number of benzene rings is 3. The van der Waals surface area contributed by atoms with Crippen LogP contribution in [-0.4, -0.2) is 22.4 Å². The van der Waals surface area contributed by atoms with Crippen molar-refractivity contribution in [1.82, 2.24) is 0 Å². The number of phenols is 3. The van der Waals surface area contributed by atoms with Crippen LogP contribution in [0.4, 0.5) is 0 Å². The Morgan fingerprint density at radius 2 is 1.13 bits per heavy atom. The van der Waals surface area contributed by atoms with Crippen LogP contribution in [0.15, 0.2) is 24.3 Å². The van der Waals surface area contributed by atoms with Gasteiger partial charge in [0.1, 0.15) is 11.5 Å². The molecule has 0 unspecified atom stereocenters. The second-order valence-electron chi connectivity index (χ2n) is 10.2. The number of phenolic OH excluding ortho intramolecular Hbond substituents is 3.